The fraction of sp³-hybridized carbons (Fsp3) is 0.391. The van der Waals surface area contributed by atoms with Crippen LogP contribution in [0.5, 0.6) is 0 Å². The van der Waals surface area contributed by atoms with E-state index in [-0.39, 0.29) is 28.0 Å². The zero-order chi connectivity index (χ0) is 24.4. The Kier molecular flexibility index (Phi) is 7.61. The third kappa shape index (κ3) is 6.00. The number of rotatable bonds is 6. The normalized spacial score (nSPS) is 12.0. The Bertz CT molecular complexity index is 1150. The van der Waals surface area contributed by atoms with Crippen LogP contribution in [0.3, 0.4) is 0 Å². The molecule has 0 bridgehead atoms. The quantitative estimate of drug-likeness (QED) is 0.452. The average Bonchev–Trinajstić information content (AvgIpc) is 2.67. The lowest BCUT2D eigenvalue weighted by Crippen LogP contribution is -2.35. The number of benzene rings is 2. The number of nitrogens with zero attached hydrogens (tertiary/aromatic N) is 1. The maximum atomic E-state index is 12.9. The summed E-state index contributed by atoms with van der Waals surface area (Å²) in [5.74, 6) is 0.0607. The molecule has 0 atom stereocenters. The van der Waals surface area contributed by atoms with Crippen molar-refractivity contribution in [1.29, 1.82) is 0 Å². The Balaban J connectivity index is 2.44. The zero-order valence-corrected chi connectivity index (χ0v) is 20.5. The first kappa shape index (κ1) is 25.7. The van der Waals surface area contributed by atoms with Crippen LogP contribution in [-0.4, -0.2) is 19.6 Å². The summed E-state index contributed by atoms with van der Waals surface area (Å²) < 4.78 is 27.8. The van der Waals surface area contributed by atoms with Crippen LogP contribution >= 0.6 is 11.6 Å². The van der Waals surface area contributed by atoms with Gasteiger partial charge in [-0.1, -0.05) is 45.4 Å². The van der Waals surface area contributed by atoms with Crippen molar-refractivity contribution < 1.29 is 18.3 Å². The number of urea groups is 1. The van der Waals surface area contributed by atoms with Crippen LogP contribution in [0.2, 0.25) is 5.02 Å². The Labute approximate surface area is 194 Å². The van der Waals surface area contributed by atoms with E-state index in [1.165, 1.54) is 26.0 Å². The summed E-state index contributed by atoms with van der Waals surface area (Å²) in [5.41, 5.74) is 0.996. The monoisotopic (exact) mass is 477 g/mol. The number of nitrogens with one attached hydrogen (secondary N) is 2. The second-order valence-corrected chi connectivity index (χ2v) is 10.8. The Morgan fingerprint density at radius 1 is 1.06 bits per heavy atom. The standard InChI is InChI=1S/C23H28ClN3O4S/c1-13(2)19-10-16(24)11-20(14(3)4)21(19)26-22(28)27-32(30,31)18-9-15(23(5,6)29)8-17(12-18)25-7/h8-14,29H,1-6H3,(H2,26,27,28). The molecule has 0 radical (unpaired) electrons. The summed E-state index contributed by atoms with van der Waals surface area (Å²) in [4.78, 5) is 15.7. The molecule has 2 aromatic carbocycles. The SMILES string of the molecule is [C-]#[N+]c1cc(C(C)(C)O)cc(S(=O)(=O)NC(=O)Nc2c(C(C)C)cc(Cl)cc2C(C)C)c1. The van der Waals surface area contributed by atoms with Gasteiger partial charge >= 0.3 is 6.03 Å². The maximum absolute atomic E-state index is 12.9. The molecule has 3 N–H and O–H groups in total. The van der Waals surface area contributed by atoms with Gasteiger partial charge < -0.3 is 10.4 Å². The first-order valence-electron chi connectivity index (χ1n) is 10.1. The number of amides is 2. The van der Waals surface area contributed by atoms with Crippen LogP contribution in [0.15, 0.2) is 35.2 Å². The molecule has 32 heavy (non-hydrogen) atoms. The van der Waals surface area contributed by atoms with Crippen LogP contribution in [0.4, 0.5) is 16.2 Å². The van der Waals surface area contributed by atoms with Gasteiger partial charge in [-0.05, 0) is 66.6 Å². The lowest BCUT2D eigenvalue weighted by molar-refractivity contribution is 0.0784. The summed E-state index contributed by atoms with van der Waals surface area (Å²) in [6.07, 6.45) is 0. The molecule has 0 unspecified atom stereocenters. The molecule has 0 aliphatic heterocycles. The van der Waals surface area contributed by atoms with Crippen molar-refractivity contribution in [3.63, 3.8) is 0 Å². The van der Waals surface area contributed by atoms with Crippen molar-refractivity contribution in [1.82, 2.24) is 4.72 Å². The smallest absolute Gasteiger partial charge is 0.333 e. The van der Waals surface area contributed by atoms with E-state index in [4.69, 9.17) is 18.2 Å². The molecule has 0 spiro atoms. The van der Waals surface area contributed by atoms with Gasteiger partial charge in [-0.2, -0.15) is 0 Å². The van der Waals surface area contributed by atoms with E-state index < -0.39 is 21.7 Å². The second kappa shape index (κ2) is 9.49. The van der Waals surface area contributed by atoms with Crippen molar-refractivity contribution >= 4 is 39.0 Å². The molecule has 2 amide bonds. The molecule has 0 saturated carbocycles. The number of carbonyl (C=O) groups is 1. The molecule has 0 aromatic heterocycles. The van der Waals surface area contributed by atoms with Crippen LogP contribution in [0.1, 0.15) is 70.1 Å². The molecule has 9 heteroatoms. The molecule has 172 valence electrons. The minimum atomic E-state index is -4.31. The molecule has 2 rings (SSSR count). The third-order valence-corrected chi connectivity index (χ3v) is 6.44. The van der Waals surface area contributed by atoms with E-state index in [2.05, 4.69) is 10.2 Å². The van der Waals surface area contributed by atoms with Gasteiger partial charge in [0.25, 0.3) is 10.0 Å². The Morgan fingerprint density at radius 2 is 1.59 bits per heavy atom. The largest absolute Gasteiger partial charge is 0.386 e. The summed E-state index contributed by atoms with van der Waals surface area (Å²) in [6, 6.07) is 6.36. The second-order valence-electron chi connectivity index (χ2n) is 8.71. The van der Waals surface area contributed by atoms with Crippen LogP contribution in [0.25, 0.3) is 4.85 Å². The van der Waals surface area contributed by atoms with E-state index in [1.807, 2.05) is 32.4 Å². The topological polar surface area (TPSA) is 99.9 Å². The number of sulfonamides is 1. The highest BCUT2D eigenvalue weighted by Gasteiger charge is 2.25. The van der Waals surface area contributed by atoms with Gasteiger partial charge in [0.15, 0.2) is 5.69 Å². The zero-order valence-electron chi connectivity index (χ0n) is 18.9. The maximum Gasteiger partial charge on any atom is 0.333 e. The minimum absolute atomic E-state index is 0.0304. The van der Waals surface area contributed by atoms with Gasteiger partial charge in [0, 0.05) is 10.7 Å². The molecular weight excluding hydrogens is 450 g/mol. The summed E-state index contributed by atoms with van der Waals surface area (Å²) in [7, 11) is -4.31. The van der Waals surface area contributed by atoms with E-state index in [0.29, 0.717) is 10.7 Å². The Hall–Kier alpha value is -2.60. The fourth-order valence-corrected chi connectivity index (χ4v) is 4.39. The van der Waals surface area contributed by atoms with Crippen LogP contribution < -0.4 is 10.0 Å². The van der Waals surface area contributed by atoms with Gasteiger partial charge in [0.05, 0.1) is 17.1 Å². The molecule has 0 heterocycles. The molecule has 0 aliphatic rings. The van der Waals surface area contributed by atoms with Crippen LogP contribution in [-0.2, 0) is 15.6 Å². The highest BCUT2D eigenvalue weighted by atomic mass is 35.5. The summed E-state index contributed by atoms with van der Waals surface area (Å²) >= 11 is 6.24. The van der Waals surface area contributed by atoms with E-state index >= 15 is 0 Å². The first-order chi connectivity index (χ1) is 14.7. The first-order valence-corrected chi connectivity index (χ1v) is 11.9. The number of anilines is 1. The third-order valence-electron chi connectivity index (χ3n) is 4.91. The lowest BCUT2D eigenvalue weighted by Gasteiger charge is -2.21. The van der Waals surface area contributed by atoms with Crippen LogP contribution in [0, 0.1) is 6.57 Å². The van der Waals surface area contributed by atoms with Gasteiger partial charge in [-0.3, -0.25) is 0 Å². The number of halogens is 1. The van der Waals surface area contributed by atoms with E-state index in [9.17, 15) is 18.3 Å². The molecule has 7 nitrogen and oxygen atoms in total. The molecule has 0 aliphatic carbocycles. The van der Waals surface area contributed by atoms with E-state index in [1.54, 1.807) is 12.1 Å². The van der Waals surface area contributed by atoms with Crippen molar-refractivity contribution in [3.05, 3.63) is 63.5 Å². The summed E-state index contributed by atoms with van der Waals surface area (Å²) in [6.45, 7) is 18.0. The molecule has 2 aromatic rings. The van der Waals surface area contributed by atoms with Crippen molar-refractivity contribution in [2.24, 2.45) is 0 Å². The fourth-order valence-electron chi connectivity index (χ4n) is 3.18. The van der Waals surface area contributed by atoms with Gasteiger partial charge in [0.1, 0.15) is 0 Å². The molecule has 0 saturated heterocycles. The summed E-state index contributed by atoms with van der Waals surface area (Å²) in [5, 5.41) is 13.5. The van der Waals surface area contributed by atoms with E-state index in [0.717, 1.165) is 17.2 Å². The average molecular weight is 478 g/mol. The predicted molar refractivity (Wildman–Crippen MR) is 127 cm³/mol. The lowest BCUT2D eigenvalue weighted by atomic mass is 9.92. The van der Waals surface area contributed by atoms with Crippen molar-refractivity contribution in [3.8, 4) is 0 Å². The highest BCUT2D eigenvalue weighted by molar-refractivity contribution is 7.90. The number of hydrogen-bond donors (Lipinski definition) is 3. The minimum Gasteiger partial charge on any atom is -0.386 e. The molecule has 0 fully saturated rings. The number of hydrogen-bond acceptors (Lipinski definition) is 4. The Morgan fingerprint density at radius 3 is 2.03 bits per heavy atom. The number of carbonyl (C=O) groups excluding carboxylic acids is 1. The van der Waals surface area contributed by atoms with Crippen molar-refractivity contribution in [2.75, 3.05) is 5.32 Å². The van der Waals surface area contributed by atoms with Crippen molar-refractivity contribution in [2.45, 2.75) is 63.9 Å². The highest BCUT2D eigenvalue weighted by Crippen LogP contribution is 2.35. The van der Waals surface area contributed by atoms with Gasteiger partial charge in [0.2, 0.25) is 0 Å². The van der Waals surface area contributed by atoms with Gasteiger partial charge in [-0.25, -0.2) is 22.8 Å². The predicted octanol–water partition coefficient (Wildman–Crippen LogP) is 5.88. The number of aliphatic hydroxyl groups is 1. The van der Waals surface area contributed by atoms with Gasteiger partial charge in [-0.15, -0.1) is 0 Å². The molecular formula is C23H28ClN3O4S.